The van der Waals surface area contributed by atoms with Crippen LogP contribution in [0.25, 0.3) is 0 Å². The molecule has 0 amide bonds. The topological polar surface area (TPSA) is 50.1 Å². The summed E-state index contributed by atoms with van der Waals surface area (Å²) >= 11 is 5.92. The Balaban J connectivity index is 1.82. The molecule has 16 heavy (non-hydrogen) atoms. The van der Waals surface area contributed by atoms with E-state index in [-0.39, 0.29) is 12.6 Å². The molecule has 1 unspecified atom stereocenters. The predicted octanol–water partition coefficient (Wildman–Crippen LogP) is 1.35. The average molecular weight is 244 g/mol. The Morgan fingerprint density at radius 2 is 2.44 bits per heavy atom. The molecule has 0 spiro atoms. The SMILES string of the molecule is Cc1c(Cl)cnn1CCC(CO)NC1CC1. The monoisotopic (exact) mass is 243 g/mol. The minimum atomic E-state index is 0.176. The summed E-state index contributed by atoms with van der Waals surface area (Å²) < 4.78 is 1.89. The zero-order valence-corrected chi connectivity index (χ0v) is 10.2. The van der Waals surface area contributed by atoms with Gasteiger partial charge in [0.05, 0.1) is 23.5 Å². The second-order valence-corrected chi connectivity index (χ2v) is 4.82. The molecule has 1 aliphatic rings. The Morgan fingerprint density at radius 1 is 1.69 bits per heavy atom. The maximum Gasteiger partial charge on any atom is 0.0814 e. The molecule has 1 atom stereocenters. The summed E-state index contributed by atoms with van der Waals surface area (Å²) in [5.74, 6) is 0. The first-order valence-corrected chi connectivity index (χ1v) is 6.13. The number of rotatable bonds is 6. The van der Waals surface area contributed by atoms with E-state index >= 15 is 0 Å². The minimum absolute atomic E-state index is 0.176. The highest BCUT2D eigenvalue weighted by atomic mass is 35.5. The van der Waals surface area contributed by atoms with Gasteiger partial charge in [-0.1, -0.05) is 11.6 Å². The fraction of sp³-hybridized carbons (Fsp3) is 0.727. The van der Waals surface area contributed by atoms with Crippen LogP contribution < -0.4 is 5.32 Å². The third-order valence-corrected chi connectivity index (χ3v) is 3.37. The number of hydrogen-bond acceptors (Lipinski definition) is 3. The molecule has 5 heteroatoms. The number of aryl methyl sites for hydroxylation is 1. The Kier molecular flexibility index (Phi) is 3.84. The van der Waals surface area contributed by atoms with E-state index in [0.29, 0.717) is 11.1 Å². The summed E-state index contributed by atoms with van der Waals surface area (Å²) in [5, 5.41) is 17.5. The maximum absolute atomic E-state index is 9.24. The molecule has 1 fully saturated rings. The summed E-state index contributed by atoms with van der Waals surface area (Å²) in [6.07, 6.45) is 5.03. The van der Waals surface area contributed by atoms with Gasteiger partial charge in [-0.05, 0) is 26.2 Å². The quantitative estimate of drug-likeness (QED) is 0.793. The number of aliphatic hydroxyl groups is 1. The van der Waals surface area contributed by atoms with Crippen LogP contribution in [-0.2, 0) is 6.54 Å². The Morgan fingerprint density at radius 3 is 2.94 bits per heavy atom. The van der Waals surface area contributed by atoms with E-state index in [4.69, 9.17) is 11.6 Å². The normalized spacial score (nSPS) is 17.7. The molecule has 90 valence electrons. The van der Waals surface area contributed by atoms with Crippen LogP contribution >= 0.6 is 11.6 Å². The van der Waals surface area contributed by atoms with E-state index in [0.717, 1.165) is 18.7 Å². The first-order valence-electron chi connectivity index (χ1n) is 5.75. The number of nitrogens with one attached hydrogen (secondary N) is 1. The van der Waals surface area contributed by atoms with E-state index in [1.54, 1.807) is 6.20 Å². The molecule has 1 aromatic rings. The average Bonchev–Trinajstić information content (AvgIpc) is 3.04. The van der Waals surface area contributed by atoms with Gasteiger partial charge < -0.3 is 10.4 Å². The van der Waals surface area contributed by atoms with Crippen molar-refractivity contribution >= 4 is 11.6 Å². The van der Waals surface area contributed by atoms with Crippen molar-refractivity contribution in [2.24, 2.45) is 0 Å². The molecule has 0 bridgehead atoms. The van der Waals surface area contributed by atoms with Crippen molar-refractivity contribution in [1.82, 2.24) is 15.1 Å². The van der Waals surface area contributed by atoms with Crippen LogP contribution in [0.4, 0.5) is 0 Å². The Bertz CT molecular complexity index is 349. The van der Waals surface area contributed by atoms with Gasteiger partial charge in [0.2, 0.25) is 0 Å². The van der Waals surface area contributed by atoms with Gasteiger partial charge >= 0.3 is 0 Å². The molecule has 1 aliphatic carbocycles. The highest BCUT2D eigenvalue weighted by Gasteiger charge is 2.24. The molecule has 0 saturated heterocycles. The van der Waals surface area contributed by atoms with Gasteiger partial charge in [-0.25, -0.2) is 0 Å². The molecule has 1 aromatic heterocycles. The zero-order chi connectivity index (χ0) is 11.5. The molecule has 0 aliphatic heterocycles. The van der Waals surface area contributed by atoms with Crippen molar-refractivity contribution in [3.05, 3.63) is 16.9 Å². The van der Waals surface area contributed by atoms with Crippen molar-refractivity contribution in [3.63, 3.8) is 0 Å². The third kappa shape index (κ3) is 2.97. The van der Waals surface area contributed by atoms with Crippen LogP contribution in [0.3, 0.4) is 0 Å². The lowest BCUT2D eigenvalue weighted by molar-refractivity contribution is 0.228. The lowest BCUT2D eigenvalue weighted by Crippen LogP contribution is -2.35. The van der Waals surface area contributed by atoms with Gasteiger partial charge in [0.25, 0.3) is 0 Å². The smallest absolute Gasteiger partial charge is 0.0814 e. The van der Waals surface area contributed by atoms with Crippen molar-refractivity contribution in [1.29, 1.82) is 0 Å². The van der Waals surface area contributed by atoms with Crippen LogP contribution in [0.2, 0.25) is 5.02 Å². The van der Waals surface area contributed by atoms with Crippen LogP contribution in [0.5, 0.6) is 0 Å². The molecule has 1 heterocycles. The number of aromatic nitrogens is 2. The first kappa shape index (κ1) is 11.9. The van der Waals surface area contributed by atoms with Gasteiger partial charge in [-0.2, -0.15) is 5.10 Å². The second-order valence-electron chi connectivity index (χ2n) is 4.41. The van der Waals surface area contributed by atoms with E-state index in [1.807, 2.05) is 11.6 Å². The zero-order valence-electron chi connectivity index (χ0n) is 9.49. The van der Waals surface area contributed by atoms with Gasteiger partial charge in [0.1, 0.15) is 0 Å². The minimum Gasteiger partial charge on any atom is -0.395 e. The van der Waals surface area contributed by atoms with E-state index in [1.165, 1.54) is 12.8 Å². The lowest BCUT2D eigenvalue weighted by Gasteiger charge is -2.16. The summed E-state index contributed by atoms with van der Waals surface area (Å²) in [4.78, 5) is 0. The molecule has 0 aromatic carbocycles. The summed E-state index contributed by atoms with van der Waals surface area (Å²) in [7, 11) is 0. The highest BCUT2D eigenvalue weighted by molar-refractivity contribution is 6.31. The Labute approximate surface area is 101 Å². The fourth-order valence-corrected chi connectivity index (χ4v) is 1.88. The van der Waals surface area contributed by atoms with Crippen LogP contribution in [0.1, 0.15) is 25.0 Å². The van der Waals surface area contributed by atoms with Crippen molar-refractivity contribution in [2.45, 2.75) is 44.8 Å². The van der Waals surface area contributed by atoms with Gasteiger partial charge in [0.15, 0.2) is 0 Å². The van der Waals surface area contributed by atoms with Gasteiger partial charge in [-0.3, -0.25) is 4.68 Å². The van der Waals surface area contributed by atoms with Gasteiger partial charge in [-0.15, -0.1) is 0 Å². The number of aliphatic hydroxyl groups excluding tert-OH is 1. The third-order valence-electron chi connectivity index (χ3n) is 3.00. The molecular weight excluding hydrogens is 226 g/mol. The highest BCUT2D eigenvalue weighted by Crippen LogP contribution is 2.20. The Hall–Kier alpha value is -0.580. The summed E-state index contributed by atoms with van der Waals surface area (Å²) in [5.41, 5.74) is 0.991. The standard InChI is InChI=1S/C11H18ClN3O/c1-8-11(12)6-13-15(8)5-4-10(7-16)14-9-2-3-9/h6,9-10,14,16H,2-5,7H2,1H3. The fourth-order valence-electron chi connectivity index (χ4n) is 1.74. The van der Waals surface area contributed by atoms with E-state index in [2.05, 4.69) is 10.4 Å². The number of nitrogens with zero attached hydrogens (tertiary/aromatic N) is 2. The van der Waals surface area contributed by atoms with Crippen LogP contribution in [-0.4, -0.2) is 33.6 Å². The summed E-state index contributed by atoms with van der Waals surface area (Å²) in [6.45, 7) is 2.94. The number of halogens is 1. The van der Waals surface area contributed by atoms with Crippen LogP contribution in [0, 0.1) is 6.92 Å². The second kappa shape index (κ2) is 5.17. The maximum atomic E-state index is 9.24. The molecule has 2 rings (SSSR count). The first-order chi connectivity index (χ1) is 7.70. The van der Waals surface area contributed by atoms with Crippen molar-refractivity contribution in [2.75, 3.05) is 6.61 Å². The van der Waals surface area contributed by atoms with E-state index < -0.39 is 0 Å². The largest absolute Gasteiger partial charge is 0.395 e. The molecule has 1 saturated carbocycles. The summed E-state index contributed by atoms with van der Waals surface area (Å²) in [6, 6.07) is 0.800. The van der Waals surface area contributed by atoms with Gasteiger partial charge in [0, 0.05) is 18.6 Å². The molecular formula is C11H18ClN3O. The van der Waals surface area contributed by atoms with E-state index in [9.17, 15) is 5.11 Å². The van der Waals surface area contributed by atoms with Crippen LogP contribution in [0.15, 0.2) is 6.20 Å². The predicted molar refractivity (Wildman–Crippen MR) is 63.6 cm³/mol. The lowest BCUT2D eigenvalue weighted by atomic mass is 10.2. The molecule has 4 nitrogen and oxygen atoms in total. The molecule has 2 N–H and O–H groups in total. The van der Waals surface area contributed by atoms with Crippen molar-refractivity contribution < 1.29 is 5.11 Å². The molecule has 0 radical (unpaired) electrons. The van der Waals surface area contributed by atoms with Crippen molar-refractivity contribution in [3.8, 4) is 0 Å². The number of hydrogen-bond donors (Lipinski definition) is 2.